The Morgan fingerprint density at radius 3 is 2.22 bits per heavy atom. The fraction of sp³-hybridized carbons (Fsp3) is 0.632. The molecule has 1 spiro atoms. The number of carbonyl (C=O) groups is 1. The van der Waals surface area contributed by atoms with Crippen LogP contribution in [0.25, 0.3) is 0 Å². The number of rotatable bonds is 5. The van der Waals surface area contributed by atoms with Gasteiger partial charge in [0.05, 0.1) is 26.4 Å². The predicted octanol–water partition coefficient (Wildman–Crippen LogP) is 2.48. The lowest BCUT2D eigenvalue weighted by molar-refractivity contribution is -0.123. The Bertz CT molecular complexity index is 780. The number of sulfonamides is 1. The maximum atomic E-state index is 13.1. The van der Waals surface area contributed by atoms with Crippen molar-refractivity contribution < 1.29 is 22.7 Å². The largest absolute Gasteiger partial charge is 0.497 e. The number of nitrogens with zero attached hydrogens (tertiary/aromatic N) is 1. The van der Waals surface area contributed by atoms with E-state index >= 15 is 0 Å². The quantitative estimate of drug-likeness (QED) is 0.827. The van der Waals surface area contributed by atoms with Gasteiger partial charge >= 0.3 is 0 Å². The first-order chi connectivity index (χ1) is 12.8. The van der Waals surface area contributed by atoms with Gasteiger partial charge in [-0.2, -0.15) is 0 Å². The predicted molar refractivity (Wildman–Crippen MR) is 104 cm³/mol. The number of methoxy groups -OCH3 is 2. The number of benzene rings is 1. The van der Waals surface area contributed by atoms with Crippen molar-refractivity contribution in [1.29, 1.82) is 0 Å². The first-order valence-corrected chi connectivity index (χ1v) is 11.1. The first kappa shape index (κ1) is 19.9. The maximum absolute atomic E-state index is 13.1. The van der Waals surface area contributed by atoms with Crippen molar-refractivity contribution >= 4 is 21.6 Å². The Balaban J connectivity index is 1.85. The smallest absolute Gasteiger partial charge is 0.229 e. The Hall–Kier alpha value is -1.80. The molecule has 1 atom stereocenters. The number of hydrogen-bond donors (Lipinski definition) is 1. The van der Waals surface area contributed by atoms with Gasteiger partial charge in [0.25, 0.3) is 0 Å². The van der Waals surface area contributed by atoms with E-state index in [1.807, 2.05) is 0 Å². The van der Waals surface area contributed by atoms with Crippen molar-refractivity contribution in [1.82, 2.24) is 4.31 Å². The fourth-order valence-electron chi connectivity index (χ4n) is 4.41. The standard InChI is InChI=1S/C19H28N2O5S/c1-25-15-9-14(10-16(11-15)26-2)20-18(22)17-12-21(27(3,23)24)13-19(17)7-5-4-6-8-19/h9-11,17H,4-8,12-13H2,1-3H3,(H,20,22). The van der Waals surface area contributed by atoms with Crippen LogP contribution in [0.1, 0.15) is 32.1 Å². The molecule has 1 aromatic carbocycles. The van der Waals surface area contributed by atoms with Crippen molar-refractivity contribution in [2.24, 2.45) is 11.3 Å². The third-order valence-corrected chi connectivity index (χ3v) is 7.09. The van der Waals surface area contributed by atoms with Crippen molar-refractivity contribution in [2.45, 2.75) is 32.1 Å². The summed E-state index contributed by atoms with van der Waals surface area (Å²) < 4.78 is 36.2. The molecule has 1 N–H and O–H groups in total. The van der Waals surface area contributed by atoms with Crippen LogP contribution in [0.5, 0.6) is 11.5 Å². The van der Waals surface area contributed by atoms with E-state index < -0.39 is 10.0 Å². The second-order valence-corrected chi connectivity index (χ2v) is 9.60. The van der Waals surface area contributed by atoms with Gasteiger partial charge in [0.15, 0.2) is 0 Å². The normalized spacial score (nSPS) is 22.6. The summed E-state index contributed by atoms with van der Waals surface area (Å²) in [5, 5.41) is 2.96. The van der Waals surface area contributed by atoms with Gasteiger partial charge in [-0.15, -0.1) is 0 Å². The number of carbonyl (C=O) groups excluding carboxylic acids is 1. The lowest BCUT2D eigenvalue weighted by Crippen LogP contribution is -2.39. The van der Waals surface area contributed by atoms with E-state index in [2.05, 4.69) is 5.32 Å². The van der Waals surface area contributed by atoms with Crippen molar-refractivity contribution in [3.63, 3.8) is 0 Å². The summed E-state index contributed by atoms with van der Waals surface area (Å²) >= 11 is 0. The molecule has 150 valence electrons. The molecule has 1 amide bonds. The molecule has 0 aromatic heterocycles. The summed E-state index contributed by atoms with van der Waals surface area (Å²) in [5.41, 5.74) is 0.314. The molecule has 1 saturated heterocycles. The van der Waals surface area contributed by atoms with E-state index in [9.17, 15) is 13.2 Å². The van der Waals surface area contributed by atoms with Gasteiger partial charge in [0.1, 0.15) is 11.5 Å². The molecule has 1 aromatic rings. The molecule has 7 nitrogen and oxygen atoms in total. The van der Waals surface area contributed by atoms with Crippen LogP contribution in [-0.2, 0) is 14.8 Å². The molecule has 3 rings (SSSR count). The molecule has 8 heteroatoms. The molecule has 0 bridgehead atoms. The third kappa shape index (κ3) is 4.21. The molecule has 1 heterocycles. The average Bonchev–Trinajstić information content (AvgIpc) is 3.01. The van der Waals surface area contributed by atoms with Crippen LogP contribution < -0.4 is 14.8 Å². The van der Waals surface area contributed by atoms with Crippen LogP contribution in [0.3, 0.4) is 0 Å². The molecule has 2 aliphatic rings. The first-order valence-electron chi connectivity index (χ1n) is 9.26. The summed E-state index contributed by atoms with van der Waals surface area (Å²) in [5.74, 6) is 0.672. The Morgan fingerprint density at radius 1 is 1.11 bits per heavy atom. The summed E-state index contributed by atoms with van der Waals surface area (Å²) in [6, 6.07) is 5.20. The van der Waals surface area contributed by atoms with Crippen LogP contribution in [0.2, 0.25) is 0 Å². The van der Waals surface area contributed by atoms with Crippen molar-refractivity contribution in [3.8, 4) is 11.5 Å². The van der Waals surface area contributed by atoms with Gasteiger partial charge in [0.2, 0.25) is 15.9 Å². The highest BCUT2D eigenvalue weighted by atomic mass is 32.2. The highest BCUT2D eigenvalue weighted by Crippen LogP contribution is 2.48. The average molecular weight is 397 g/mol. The molecular weight excluding hydrogens is 368 g/mol. The van der Waals surface area contributed by atoms with Gasteiger partial charge < -0.3 is 14.8 Å². The van der Waals surface area contributed by atoms with Gasteiger partial charge in [0, 0.05) is 37.0 Å². The summed E-state index contributed by atoms with van der Waals surface area (Å²) in [4.78, 5) is 13.1. The van der Waals surface area contributed by atoms with E-state index in [1.54, 1.807) is 32.4 Å². The molecule has 1 unspecified atom stereocenters. The van der Waals surface area contributed by atoms with Gasteiger partial charge in [-0.25, -0.2) is 12.7 Å². The molecule has 1 saturated carbocycles. The van der Waals surface area contributed by atoms with Crippen LogP contribution in [0, 0.1) is 11.3 Å². The third-order valence-electron chi connectivity index (χ3n) is 5.87. The maximum Gasteiger partial charge on any atom is 0.229 e. The van der Waals surface area contributed by atoms with Crippen molar-refractivity contribution in [2.75, 3.05) is 38.9 Å². The summed E-state index contributed by atoms with van der Waals surface area (Å²) in [7, 11) is -0.217. The van der Waals surface area contributed by atoms with E-state index in [4.69, 9.17) is 9.47 Å². The second kappa shape index (κ2) is 7.67. The molecule has 2 fully saturated rings. The SMILES string of the molecule is COc1cc(NC(=O)C2CN(S(C)(=O)=O)CC23CCCCC3)cc(OC)c1. The van der Waals surface area contributed by atoms with Crippen LogP contribution in [-0.4, -0.2) is 52.2 Å². The topological polar surface area (TPSA) is 84.9 Å². The van der Waals surface area contributed by atoms with E-state index in [-0.39, 0.29) is 23.8 Å². The highest BCUT2D eigenvalue weighted by Gasteiger charge is 2.52. The number of amides is 1. The Kier molecular flexibility index (Phi) is 5.67. The number of hydrogen-bond acceptors (Lipinski definition) is 5. The molecular formula is C19H28N2O5S. The monoisotopic (exact) mass is 396 g/mol. The summed E-state index contributed by atoms with van der Waals surface area (Å²) in [6.07, 6.45) is 6.21. The van der Waals surface area contributed by atoms with Crippen LogP contribution >= 0.6 is 0 Å². The van der Waals surface area contributed by atoms with E-state index in [0.717, 1.165) is 32.1 Å². The van der Waals surface area contributed by atoms with E-state index in [0.29, 0.717) is 23.7 Å². The van der Waals surface area contributed by atoms with Gasteiger partial charge in [-0.3, -0.25) is 4.79 Å². The number of nitrogens with one attached hydrogen (secondary N) is 1. The highest BCUT2D eigenvalue weighted by molar-refractivity contribution is 7.88. The minimum absolute atomic E-state index is 0.140. The van der Waals surface area contributed by atoms with Crippen LogP contribution in [0.4, 0.5) is 5.69 Å². The lowest BCUT2D eigenvalue weighted by atomic mass is 9.67. The fourth-order valence-corrected chi connectivity index (χ4v) is 5.32. The molecule has 0 radical (unpaired) electrons. The second-order valence-electron chi connectivity index (χ2n) is 7.62. The zero-order valence-corrected chi connectivity index (χ0v) is 17.0. The molecule has 1 aliphatic heterocycles. The minimum atomic E-state index is -3.33. The summed E-state index contributed by atoms with van der Waals surface area (Å²) in [6.45, 7) is 0.678. The zero-order valence-electron chi connectivity index (χ0n) is 16.2. The lowest BCUT2D eigenvalue weighted by Gasteiger charge is -2.37. The number of anilines is 1. The molecule has 1 aliphatic carbocycles. The minimum Gasteiger partial charge on any atom is -0.497 e. The van der Waals surface area contributed by atoms with Crippen LogP contribution in [0.15, 0.2) is 18.2 Å². The number of ether oxygens (including phenoxy) is 2. The van der Waals surface area contributed by atoms with E-state index in [1.165, 1.54) is 10.6 Å². The molecule has 27 heavy (non-hydrogen) atoms. The Morgan fingerprint density at radius 2 is 1.70 bits per heavy atom. The van der Waals surface area contributed by atoms with Gasteiger partial charge in [-0.05, 0) is 18.3 Å². The zero-order chi connectivity index (χ0) is 19.7. The Labute approximate surface area is 161 Å². The van der Waals surface area contributed by atoms with Crippen molar-refractivity contribution in [3.05, 3.63) is 18.2 Å². The van der Waals surface area contributed by atoms with Gasteiger partial charge in [-0.1, -0.05) is 19.3 Å².